The third kappa shape index (κ3) is 4.19. The van der Waals surface area contributed by atoms with Crippen molar-refractivity contribution in [2.75, 3.05) is 27.2 Å². The van der Waals surface area contributed by atoms with Crippen molar-refractivity contribution in [2.45, 2.75) is 65.0 Å². The van der Waals surface area contributed by atoms with Gasteiger partial charge >= 0.3 is 5.97 Å². The van der Waals surface area contributed by atoms with Crippen LogP contribution in [0.2, 0.25) is 0 Å². The average molecular weight is 298 g/mol. The predicted octanol–water partition coefficient (Wildman–Crippen LogP) is 2.67. The molecule has 0 aromatic carbocycles. The normalized spacial score (nSPS) is 27.3. The van der Waals surface area contributed by atoms with Gasteiger partial charge in [-0.2, -0.15) is 0 Å². The van der Waals surface area contributed by atoms with E-state index in [1.165, 1.54) is 0 Å². The van der Waals surface area contributed by atoms with Crippen LogP contribution in [0.1, 0.15) is 53.4 Å². The fraction of sp³-hybridized carbons (Fsp3) is 0.941. The molecular formula is C17H34N2O2. The first kappa shape index (κ1) is 18.4. The summed E-state index contributed by atoms with van der Waals surface area (Å²) in [4.78, 5) is 14.8. The highest BCUT2D eigenvalue weighted by atomic mass is 16.5. The van der Waals surface area contributed by atoms with Crippen LogP contribution < -0.4 is 5.32 Å². The maximum Gasteiger partial charge on any atom is 0.326 e. The van der Waals surface area contributed by atoms with Gasteiger partial charge in [0, 0.05) is 6.04 Å². The largest absolute Gasteiger partial charge is 0.465 e. The third-order valence-corrected chi connectivity index (χ3v) is 5.40. The number of ether oxygens (including phenoxy) is 1. The Morgan fingerprint density at radius 3 is 2.62 bits per heavy atom. The fourth-order valence-corrected chi connectivity index (χ4v) is 3.50. The minimum absolute atomic E-state index is 0.0606. The van der Waals surface area contributed by atoms with E-state index in [0.29, 0.717) is 24.5 Å². The molecule has 0 spiro atoms. The Morgan fingerprint density at radius 1 is 1.43 bits per heavy atom. The van der Waals surface area contributed by atoms with E-state index in [1.807, 2.05) is 14.0 Å². The molecule has 21 heavy (non-hydrogen) atoms. The summed E-state index contributed by atoms with van der Waals surface area (Å²) >= 11 is 0. The minimum Gasteiger partial charge on any atom is -0.465 e. The van der Waals surface area contributed by atoms with Crippen LogP contribution in [0.5, 0.6) is 0 Å². The number of likely N-dealkylation sites (N-methyl/N-ethyl adjacent to an activating group) is 1. The van der Waals surface area contributed by atoms with Crippen molar-refractivity contribution in [2.24, 2.45) is 11.8 Å². The van der Waals surface area contributed by atoms with Crippen molar-refractivity contribution in [1.82, 2.24) is 10.2 Å². The van der Waals surface area contributed by atoms with E-state index in [9.17, 15) is 4.79 Å². The van der Waals surface area contributed by atoms with Gasteiger partial charge in [0.1, 0.15) is 5.54 Å². The van der Waals surface area contributed by atoms with Crippen LogP contribution in [-0.2, 0) is 9.53 Å². The van der Waals surface area contributed by atoms with Gasteiger partial charge in [0.15, 0.2) is 0 Å². The Morgan fingerprint density at radius 2 is 2.10 bits per heavy atom. The zero-order chi connectivity index (χ0) is 16.0. The van der Waals surface area contributed by atoms with Crippen molar-refractivity contribution in [3.05, 3.63) is 0 Å². The van der Waals surface area contributed by atoms with Crippen LogP contribution in [-0.4, -0.2) is 49.7 Å². The maximum absolute atomic E-state index is 12.4. The van der Waals surface area contributed by atoms with Gasteiger partial charge in [-0.1, -0.05) is 20.3 Å². The summed E-state index contributed by atoms with van der Waals surface area (Å²) < 4.78 is 5.33. The number of hydrogen-bond acceptors (Lipinski definition) is 4. The summed E-state index contributed by atoms with van der Waals surface area (Å²) in [7, 11) is 4.08. The number of hydrogen-bond donors (Lipinski definition) is 1. The van der Waals surface area contributed by atoms with Gasteiger partial charge in [0.05, 0.1) is 6.61 Å². The van der Waals surface area contributed by atoms with Crippen LogP contribution >= 0.6 is 0 Å². The third-order valence-electron chi connectivity index (χ3n) is 5.40. The van der Waals surface area contributed by atoms with E-state index >= 15 is 0 Å². The van der Waals surface area contributed by atoms with Gasteiger partial charge in [0.2, 0.25) is 0 Å². The van der Waals surface area contributed by atoms with Crippen molar-refractivity contribution in [3.63, 3.8) is 0 Å². The second-order valence-electron chi connectivity index (χ2n) is 6.78. The topological polar surface area (TPSA) is 41.6 Å². The van der Waals surface area contributed by atoms with Gasteiger partial charge in [-0.15, -0.1) is 0 Å². The molecule has 0 bridgehead atoms. The van der Waals surface area contributed by atoms with Crippen LogP contribution in [0.3, 0.4) is 0 Å². The molecule has 0 radical (unpaired) electrons. The van der Waals surface area contributed by atoms with Gasteiger partial charge in [0.25, 0.3) is 0 Å². The molecule has 1 N–H and O–H groups in total. The van der Waals surface area contributed by atoms with Gasteiger partial charge in [-0.3, -0.25) is 4.79 Å². The van der Waals surface area contributed by atoms with Gasteiger partial charge < -0.3 is 15.0 Å². The summed E-state index contributed by atoms with van der Waals surface area (Å²) in [6.07, 6.45) is 4.17. The lowest BCUT2D eigenvalue weighted by Crippen LogP contribution is -2.54. The molecule has 4 nitrogen and oxygen atoms in total. The van der Waals surface area contributed by atoms with Crippen molar-refractivity contribution < 1.29 is 9.53 Å². The van der Waals surface area contributed by atoms with Crippen LogP contribution in [0, 0.1) is 11.8 Å². The first-order chi connectivity index (χ1) is 9.89. The zero-order valence-electron chi connectivity index (χ0n) is 14.7. The average Bonchev–Trinajstić information content (AvgIpc) is 2.88. The lowest BCUT2D eigenvalue weighted by Gasteiger charge is -2.35. The second-order valence-corrected chi connectivity index (χ2v) is 6.78. The number of carbonyl (C=O) groups is 1. The van der Waals surface area contributed by atoms with Gasteiger partial charge in [-0.25, -0.2) is 0 Å². The fourth-order valence-electron chi connectivity index (χ4n) is 3.50. The van der Waals surface area contributed by atoms with E-state index in [0.717, 1.165) is 32.2 Å². The summed E-state index contributed by atoms with van der Waals surface area (Å²) in [6, 6.07) is 0.568. The van der Waals surface area contributed by atoms with E-state index < -0.39 is 5.54 Å². The number of esters is 1. The number of nitrogens with one attached hydrogen (secondary N) is 1. The summed E-state index contributed by atoms with van der Waals surface area (Å²) in [6.45, 7) is 10.2. The van der Waals surface area contributed by atoms with Crippen LogP contribution in [0.15, 0.2) is 0 Å². The number of nitrogens with zero attached hydrogens (tertiary/aromatic N) is 1. The molecule has 0 aliphatic heterocycles. The standard InChI is InChI=1S/C17H34N2O2/c1-7-21-16(20)17(18-5)11-8-9-15(17)10-12-19(6)14(4)13(2)3/h13-15,18H,7-12H2,1-6H3. The first-order valence-corrected chi connectivity index (χ1v) is 8.45. The Bertz CT molecular complexity index is 333. The summed E-state index contributed by atoms with van der Waals surface area (Å²) in [5.74, 6) is 0.968. The number of rotatable bonds is 8. The SMILES string of the molecule is CCOC(=O)C1(NC)CCCC1CCN(C)C(C)C(C)C. The number of carbonyl (C=O) groups excluding carboxylic acids is 1. The van der Waals surface area contributed by atoms with Gasteiger partial charge in [-0.05, 0) is 65.6 Å². The Kier molecular flexibility index (Phi) is 7.14. The van der Waals surface area contributed by atoms with Crippen LogP contribution in [0.4, 0.5) is 0 Å². The maximum atomic E-state index is 12.4. The van der Waals surface area contributed by atoms with E-state index in [2.05, 4.69) is 38.0 Å². The smallest absolute Gasteiger partial charge is 0.326 e. The molecule has 0 heterocycles. The highest BCUT2D eigenvalue weighted by molar-refractivity contribution is 5.81. The molecule has 1 saturated carbocycles. The molecule has 4 heteroatoms. The Balaban J connectivity index is 2.66. The lowest BCUT2D eigenvalue weighted by molar-refractivity contribution is -0.153. The zero-order valence-corrected chi connectivity index (χ0v) is 14.7. The highest BCUT2D eigenvalue weighted by Gasteiger charge is 2.48. The molecule has 3 unspecified atom stereocenters. The molecule has 124 valence electrons. The molecular weight excluding hydrogens is 264 g/mol. The molecule has 0 saturated heterocycles. The molecule has 0 amide bonds. The van der Waals surface area contributed by atoms with E-state index in [-0.39, 0.29) is 5.97 Å². The molecule has 0 aromatic heterocycles. The summed E-state index contributed by atoms with van der Waals surface area (Å²) in [5.41, 5.74) is -0.460. The van der Waals surface area contributed by atoms with E-state index in [4.69, 9.17) is 4.74 Å². The van der Waals surface area contributed by atoms with Crippen molar-refractivity contribution in [3.8, 4) is 0 Å². The van der Waals surface area contributed by atoms with E-state index in [1.54, 1.807) is 0 Å². The Labute approximate surface area is 130 Å². The highest BCUT2D eigenvalue weighted by Crippen LogP contribution is 2.39. The predicted molar refractivity (Wildman–Crippen MR) is 87.3 cm³/mol. The molecule has 1 rings (SSSR count). The molecule has 0 aromatic rings. The molecule has 1 aliphatic carbocycles. The van der Waals surface area contributed by atoms with Crippen molar-refractivity contribution >= 4 is 5.97 Å². The molecule has 1 aliphatic rings. The molecule has 1 fully saturated rings. The molecule has 3 atom stereocenters. The quantitative estimate of drug-likeness (QED) is 0.700. The summed E-state index contributed by atoms with van der Waals surface area (Å²) in [5, 5.41) is 3.29. The first-order valence-electron chi connectivity index (χ1n) is 8.45. The van der Waals surface area contributed by atoms with Crippen LogP contribution in [0.25, 0.3) is 0 Å². The lowest BCUT2D eigenvalue weighted by atomic mass is 9.84. The second kappa shape index (κ2) is 8.14. The minimum atomic E-state index is -0.460. The Hall–Kier alpha value is -0.610. The van der Waals surface area contributed by atoms with Crippen molar-refractivity contribution in [1.29, 1.82) is 0 Å². The monoisotopic (exact) mass is 298 g/mol.